The zero-order valence-electron chi connectivity index (χ0n) is 14.8. The summed E-state index contributed by atoms with van der Waals surface area (Å²) < 4.78 is 46.1. The number of hydrogen-bond acceptors (Lipinski definition) is 5. The minimum atomic E-state index is -4.80. The van der Waals surface area contributed by atoms with Crippen molar-refractivity contribution in [1.29, 1.82) is 0 Å². The Kier molecular flexibility index (Phi) is 5.62. The van der Waals surface area contributed by atoms with Gasteiger partial charge in [0.05, 0.1) is 0 Å². The molecule has 0 unspecified atom stereocenters. The number of aromatic nitrogens is 2. The van der Waals surface area contributed by atoms with Crippen molar-refractivity contribution in [1.82, 2.24) is 10.2 Å². The van der Waals surface area contributed by atoms with Gasteiger partial charge in [0.1, 0.15) is 5.75 Å². The van der Waals surface area contributed by atoms with Crippen LogP contribution in [0.1, 0.15) is 17.9 Å². The molecule has 0 bridgehead atoms. The summed E-state index contributed by atoms with van der Waals surface area (Å²) in [6, 6.07) is 12.6. The fourth-order valence-electron chi connectivity index (χ4n) is 2.38. The van der Waals surface area contributed by atoms with Crippen molar-refractivity contribution in [2.45, 2.75) is 26.1 Å². The van der Waals surface area contributed by atoms with E-state index in [1.807, 2.05) is 31.2 Å². The maximum absolute atomic E-state index is 12.3. The van der Waals surface area contributed by atoms with E-state index >= 15 is 0 Å². The van der Waals surface area contributed by atoms with E-state index in [2.05, 4.69) is 20.3 Å². The van der Waals surface area contributed by atoms with Crippen LogP contribution in [0.5, 0.6) is 5.75 Å². The van der Waals surface area contributed by atoms with Gasteiger partial charge >= 0.3 is 6.36 Å². The fourth-order valence-corrected chi connectivity index (χ4v) is 2.38. The summed E-state index contributed by atoms with van der Waals surface area (Å²) in [5.41, 5.74) is 2.07. The van der Waals surface area contributed by atoms with Gasteiger partial charge in [-0.05, 0) is 31.2 Å². The van der Waals surface area contributed by atoms with Gasteiger partial charge < -0.3 is 14.5 Å². The van der Waals surface area contributed by atoms with Gasteiger partial charge in [-0.1, -0.05) is 23.8 Å². The summed E-state index contributed by atoms with van der Waals surface area (Å²) >= 11 is 0. The molecule has 1 heterocycles. The largest absolute Gasteiger partial charge is 0.573 e. The third-order valence-corrected chi connectivity index (χ3v) is 3.68. The van der Waals surface area contributed by atoms with Crippen molar-refractivity contribution in [2.75, 3.05) is 5.32 Å². The van der Waals surface area contributed by atoms with Crippen molar-refractivity contribution in [2.24, 2.45) is 0 Å². The number of amides is 1. The highest BCUT2D eigenvalue weighted by atomic mass is 19.4. The van der Waals surface area contributed by atoms with Crippen LogP contribution >= 0.6 is 0 Å². The average molecular weight is 391 g/mol. The number of alkyl halides is 3. The second kappa shape index (κ2) is 8.12. The first-order valence-electron chi connectivity index (χ1n) is 8.33. The molecule has 0 aliphatic rings. The molecule has 0 radical (unpaired) electrons. The monoisotopic (exact) mass is 391 g/mol. The van der Waals surface area contributed by atoms with Crippen molar-refractivity contribution < 1.29 is 27.1 Å². The van der Waals surface area contributed by atoms with Crippen LogP contribution in [0.4, 0.5) is 18.9 Å². The number of nitrogens with one attached hydrogen (secondary N) is 1. The molecule has 1 N–H and O–H groups in total. The molecule has 0 aliphatic carbocycles. The molecule has 0 fully saturated rings. The molecule has 3 rings (SSSR count). The average Bonchev–Trinajstić information content (AvgIpc) is 3.08. The molecule has 0 saturated heterocycles. The lowest BCUT2D eigenvalue weighted by atomic mass is 10.1. The summed E-state index contributed by atoms with van der Waals surface area (Å²) in [4.78, 5) is 12.0. The van der Waals surface area contributed by atoms with Crippen molar-refractivity contribution in [3.63, 3.8) is 0 Å². The second-order valence-corrected chi connectivity index (χ2v) is 5.99. The molecule has 6 nitrogen and oxygen atoms in total. The topological polar surface area (TPSA) is 77.2 Å². The summed E-state index contributed by atoms with van der Waals surface area (Å²) in [5, 5.41) is 10.4. The number of carbonyl (C=O) groups is 1. The third kappa shape index (κ3) is 5.57. The van der Waals surface area contributed by atoms with Crippen LogP contribution < -0.4 is 10.1 Å². The quantitative estimate of drug-likeness (QED) is 0.669. The Morgan fingerprint density at radius 3 is 2.61 bits per heavy atom. The van der Waals surface area contributed by atoms with E-state index in [4.69, 9.17) is 4.42 Å². The molecule has 0 aliphatic heterocycles. The lowest BCUT2D eigenvalue weighted by molar-refractivity contribution is -0.274. The molecule has 9 heteroatoms. The predicted octanol–water partition coefficient (Wildman–Crippen LogP) is 4.51. The van der Waals surface area contributed by atoms with Crippen molar-refractivity contribution >= 4 is 11.6 Å². The summed E-state index contributed by atoms with van der Waals surface area (Å²) in [5.74, 6) is -0.170. The number of halogens is 3. The number of hydrogen-bond donors (Lipinski definition) is 1. The number of anilines is 1. The molecule has 0 saturated carbocycles. The molecule has 1 amide bonds. The molecular formula is C19H16F3N3O3. The van der Waals surface area contributed by atoms with Crippen molar-refractivity contribution in [3.05, 3.63) is 60.0 Å². The lowest BCUT2D eigenvalue weighted by Gasteiger charge is -2.10. The Morgan fingerprint density at radius 2 is 1.89 bits per heavy atom. The van der Waals surface area contributed by atoms with Gasteiger partial charge in [0, 0.05) is 30.2 Å². The standard InChI is InChI=1S/C19H16F3N3O3/c1-12-5-7-13(8-6-12)18-25-24-17(27-18)10-9-16(26)23-14-3-2-4-15(11-14)28-19(20,21)22/h2-8,11H,9-10H2,1H3,(H,23,26). The Hall–Kier alpha value is -3.36. The van der Waals surface area contributed by atoms with Gasteiger partial charge in [0.25, 0.3) is 0 Å². The van der Waals surface area contributed by atoms with Gasteiger partial charge in [-0.15, -0.1) is 23.4 Å². The molecule has 3 aromatic rings. The summed E-state index contributed by atoms with van der Waals surface area (Å²) in [6.45, 7) is 1.96. The Morgan fingerprint density at radius 1 is 1.14 bits per heavy atom. The first-order valence-corrected chi connectivity index (χ1v) is 8.33. The van der Waals surface area contributed by atoms with Crippen molar-refractivity contribution in [3.8, 4) is 17.2 Å². The Labute approximate surface area is 158 Å². The van der Waals surface area contributed by atoms with E-state index < -0.39 is 18.0 Å². The zero-order valence-corrected chi connectivity index (χ0v) is 14.8. The fraction of sp³-hybridized carbons (Fsp3) is 0.211. The smallest absolute Gasteiger partial charge is 0.421 e. The van der Waals surface area contributed by atoms with Gasteiger partial charge in [-0.25, -0.2) is 0 Å². The number of benzene rings is 2. The molecule has 0 atom stereocenters. The maximum Gasteiger partial charge on any atom is 0.573 e. The van der Waals surface area contributed by atoms with Gasteiger partial charge in [-0.2, -0.15) is 0 Å². The predicted molar refractivity (Wildman–Crippen MR) is 94.5 cm³/mol. The van der Waals surface area contributed by atoms with Crippen LogP contribution in [0.2, 0.25) is 0 Å². The third-order valence-electron chi connectivity index (χ3n) is 3.68. The zero-order chi connectivity index (χ0) is 20.1. The van der Waals surface area contributed by atoms with Crippen LogP contribution in [0, 0.1) is 6.92 Å². The van der Waals surface area contributed by atoms with E-state index in [1.54, 1.807) is 0 Å². The highest BCUT2D eigenvalue weighted by Gasteiger charge is 2.31. The first-order chi connectivity index (χ1) is 13.3. The van der Waals surface area contributed by atoms with Crippen LogP contribution in [0.15, 0.2) is 52.9 Å². The first kappa shape index (κ1) is 19.4. The molecule has 28 heavy (non-hydrogen) atoms. The highest BCUT2D eigenvalue weighted by molar-refractivity contribution is 5.90. The van der Waals surface area contributed by atoms with Crippen LogP contribution in [0.25, 0.3) is 11.5 Å². The molecule has 0 spiro atoms. The van der Waals surface area contributed by atoms with E-state index in [1.165, 1.54) is 12.1 Å². The minimum Gasteiger partial charge on any atom is -0.421 e. The minimum absolute atomic E-state index is 0.0277. The number of rotatable bonds is 6. The van der Waals surface area contributed by atoms with Gasteiger partial charge in [0.2, 0.25) is 17.7 Å². The van der Waals surface area contributed by atoms with E-state index in [0.717, 1.165) is 23.3 Å². The van der Waals surface area contributed by atoms with E-state index in [9.17, 15) is 18.0 Å². The second-order valence-electron chi connectivity index (χ2n) is 5.99. The van der Waals surface area contributed by atoms with E-state index in [0.29, 0.717) is 11.8 Å². The van der Waals surface area contributed by atoms with Crippen LogP contribution in [-0.2, 0) is 11.2 Å². The van der Waals surface area contributed by atoms with Crippen LogP contribution in [0.3, 0.4) is 0 Å². The maximum atomic E-state index is 12.3. The highest BCUT2D eigenvalue weighted by Crippen LogP contribution is 2.25. The number of carbonyl (C=O) groups excluding carboxylic acids is 1. The van der Waals surface area contributed by atoms with E-state index in [-0.39, 0.29) is 18.5 Å². The number of ether oxygens (including phenoxy) is 1. The lowest BCUT2D eigenvalue weighted by Crippen LogP contribution is -2.17. The molecule has 2 aromatic carbocycles. The SMILES string of the molecule is Cc1ccc(-c2nnc(CCC(=O)Nc3cccc(OC(F)(F)F)c3)o2)cc1. The summed E-state index contributed by atoms with van der Waals surface area (Å²) in [7, 11) is 0. The Balaban J connectivity index is 1.55. The Bertz CT molecular complexity index is 953. The molecule has 146 valence electrons. The number of nitrogens with zero attached hydrogens (tertiary/aromatic N) is 2. The number of aryl methyl sites for hydroxylation is 2. The molecule has 1 aromatic heterocycles. The molecular weight excluding hydrogens is 375 g/mol. The van der Waals surface area contributed by atoms with Crippen LogP contribution in [-0.4, -0.2) is 22.5 Å². The normalized spacial score (nSPS) is 11.3. The summed E-state index contributed by atoms with van der Waals surface area (Å²) in [6.07, 6.45) is -4.57. The van der Waals surface area contributed by atoms with Gasteiger partial charge in [-0.3, -0.25) is 4.79 Å². The van der Waals surface area contributed by atoms with Gasteiger partial charge in [0.15, 0.2) is 0 Å².